The average Bonchev–Trinajstić information content (AvgIpc) is 2.62. The van der Waals surface area contributed by atoms with Crippen LogP contribution in [0.1, 0.15) is 25.5 Å². The molecule has 9 heteroatoms. The van der Waals surface area contributed by atoms with Gasteiger partial charge in [-0.25, -0.2) is 0 Å². The van der Waals surface area contributed by atoms with E-state index in [-0.39, 0.29) is 6.54 Å². The van der Waals surface area contributed by atoms with Crippen molar-refractivity contribution in [1.82, 2.24) is 9.71 Å². The van der Waals surface area contributed by atoms with Crippen LogP contribution in [0.5, 0.6) is 0 Å². The highest BCUT2D eigenvalue weighted by Gasteiger charge is 2.43. The predicted molar refractivity (Wildman–Crippen MR) is 71.6 cm³/mol. The van der Waals surface area contributed by atoms with Gasteiger partial charge in [-0.15, -0.1) is 0 Å². The third-order valence-electron chi connectivity index (χ3n) is 2.75. The van der Waals surface area contributed by atoms with E-state index in [1.165, 1.54) is 12.4 Å². The number of nitrogens with zero attached hydrogens (tertiary/aromatic N) is 1. The van der Waals surface area contributed by atoms with Gasteiger partial charge in [0.1, 0.15) is 12.2 Å². The van der Waals surface area contributed by atoms with E-state index in [4.69, 9.17) is 25.6 Å². The van der Waals surface area contributed by atoms with E-state index >= 15 is 0 Å². The topological polar surface area (TPSA) is 97.8 Å². The monoisotopic (exact) mass is 322 g/mol. The van der Waals surface area contributed by atoms with Crippen molar-refractivity contribution >= 4 is 21.9 Å². The number of hydrogen-bond donors (Lipinski definition) is 2. The molecular formula is C11H15ClN2O5S. The molecule has 0 aromatic carbocycles. The molecule has 7 nitrogen and oxygen atoms in total. The van der Waals surface area contributed by atoms with Crippen molar-refractivity contribution < 1.29 is 22.4 Å². The van der Waals surface area contributed by atoms with E-state index in [0.717, 1.165) is 0 Å². The number of hydrogen-bond acceptors (Lipinski definition) is 5. The Morgan fingerprint density at radius 3 is 2.80 bits per heavy atom. The highest BCUT2D eigenvalue weighted by atomic mass is 35.5. The van der Waals surface area contributed by atoms with Crippen LogP contribution in [0.3, 0.4) is 0 Å². The maximum Gasteiger partial charge on any atom is 0.333 e. The molecule has 1 aromatic heterocycles. The number of pyridine rings is 1. The Hall–Kier alpha value is -0.770. The Bertz CT molecular complexity index is 592. The highest BCUT2D eigenvalue weighted by Crippen LogP contribution is 2.40. The van der Waals surface area contributed by atoms with Crippen LogP contribution in [0, 0.1) is 0 Å². The molecule has 2 N–H and O–H groups in total. The van der Waals surface area contributed by atoms with Gasteiger partial charge in [0.15, 0.2) is 5.79 Å². The molecule has 0 aliphatic carbocycles. The first kappa shape index (κ1) is 15.6. The molecule has 1 aliphatic rings. The van der Waals surface area contributed by atoms with Crippen LogP contribution in [-0.4, -0.2) is 36.4 Å². The van der Waals surface area contributed by atoms with Gasteiger partial charge < -0.3 is 9.47 Å². The first-order valence-electron chi connectivity index (χ1n) is 5.85. The maximum atomic E-state index is 10.8. The number of halogens is 1. The number of rotatable bonds is 4. The zero-order valence-electron chi connectivity index (χ0n) is 10.9. The minimum atomic E-state index is -4.30. The zero-order chi connectivity index (χ0) is 15.0. The molecule has 2 unspecified atom stereocenters. The van der Waals surface area contributed by atoms with Gasteiger partial charge in [-0.05, 0) is 19.9 Å². The molecule has 1 aromatic rings. The van der Waals surface area contributed by atoms with Crippen LogP contribution in [0.15, 0.2) is 18.5 Å². The lowest BCUT2D eigenvalue weighted by Gasteiger charge is -2.17. The lowest BCUT2D eigenvalue weighted by molar-refractivity contribution is -0.146. The van der Waals surface area contributed by atoms with Gasteiger partial charge in [0, 0.05) is 29.5 Å². The van der Waals surface area contributed by atoms with Crippen LogP contribution in [0.2, 0.25) is 5.02 Å². The predicted octanol–water partition coefficient (Wildman–Crippen LogP) is 1.32. The van der Waals surface area contributed by atoms with E-state index in [1.807, 2.05) is 4.72 Å². The lowest BCUT2D eigenvalue weighted by Crippen LogP contribution is -2.35. The second-order valence-corrected chi connectivity index (χ2v) is 6.46. The van der Waals surface area contributed by atoms with Crippen molar-refractivity contribution in [2.24, 2.45) is 0 Å². The van der Waals surface area contributed by atoms with Gasteiger partial charge >= 0.3 is 10.3 Å². The molecule has 2 atom stereocenters. The highest BCUT2D eigenvalue weighted by molar-refractivity contribution is 7.83. The van der Waals surface area contributed by atoms with E-state index in [9.17, 15) is 8.42 Å². The van der Waals surface area contributed by atoms with Crippen LogP contribution in [-0.2, 0) is 19.8 Å². The van der Waals surface area contributed by atoms with Gasteiger partial charge in [-0.2, -0.15) is 13.1 Å². The quantitative estimate of drug-likeness (QED) is 0.811. The summed E-state index contributed by atoms with van der Waals surface area (Å²) < 4.78 is 43.6. The van der Waals surface area contributed by atoms with E-state index in [0.29, 0.717) is 10.6 Å². The van der Waals surface area contributed by atoms with Gasteiger partial charge in [0.25, 0.3) is 0 Å². The third kappa shape index (κ3) is 3.87. The van der Waals surface area contributed by atoms with Crippen molar-refractivity contribution in [2.75, 3.05) is 6.54 Å². The maximum absolute atomic E-state index is 10.8. The molecule has 0 amide bonds. The third-order valence-corrected chi connectivity index (χ3v) is 3.63. The molecule has 0 saturated carbocycles. The van der Waals surface area contributed by atoms with Crippen molar-refractivity contribution in [2.45, 2.75) is 31.8 Å². The molecule has 20 heavy (non-hydrogen) atoms. The van der Waals surface area contributed by atoms with Crippen molar-refractivity contribution in [3.63, 3.8) is 0 Å². The van der Waals surface area contributed by atoms with Crippen LogP contribution in [0.25, 0.3) is 0 Å². The Balaban J connectivity index is 2.23. The Morgan fingerprint density at radius 2 is 2.20 bits per heavy atom. The molecule has 2 heterocycles. The van der Waals surface area contributed by atoms with E-state index < -0.39 is 28.3 Å². The largest absolute Gasteiger partial charge is 0.343 e. The summed E-state index contributed by atoms with van der Waals surface area (Å²) in [5, 5.41) is 0.447. The fraction of sp³-hybridized carbons (Fsp3) is 0.545. The normalized spacial score (nSPS) is 25.8. The van der Waals surface area contributed by atoms with E-state index in [1.54, 1.807) is 19.9 Å². The minimum absolute atomic E-state index is 0.141. The molecule has 1 saturated heterocycles. The van der Waals surface area contributed by atoms with Crippen molar-refractivity contribution in [3.8, 4) is 0 Å². The van der Waals surface area contributed by atoms with Crippen molar-refractivity contribution in [1.29, 1.82) is 0 Å². The number of aromatic nitrogens is 1. The SMILES string of the molecule is CC1(C)OC(CNS(=O)(=O)O)C(c2cnccc2Cl)O1. The molecule has 2 rings (SSSR count). The summed E-state index contributed by atoms with van der Waals surface area (Å²) in [6.45, 7) is 3.27. The van der Waals surface area contributed by atoms with Gasteiger partial charge in [-0.1, -0.05) is 11.6 Å². The molecule has 0 radical (unpaired) electrons. The summed E-state index contributed by atoms with van der Waals surface area (Å²) in [6.07, 6.45) is 1.87. The molecule has 0 bridgehead atoms. The van der Waals surface area contributed by atoms with Crippen molar-refractivity contribution in [3.05, 3.63) is 29.0 Å². The minimum Gasteiger partial charge on any atom is -0.343 e. The fourth-order valence-electron chi connectivity index (χ4n) is 2.03. The lowest BCUT2D eigenvalue weighted by atomic mass is 10.1. The average molecular weight is 323 g/mol. The number of nitrogens with one attached hydrogen (secondary N) is 1. The van der Waals surface area contributed by atoms with Crippen LogP contribution in [0.4, 0.5) is 0 Å². The van der Waals surface area contributed by atoms with Crippen LogP contribution >= 0.6 is 11.6 Å². The van der Waals surface area contributed by atoms with Gasteiger partial charge in [-0.3, -0.25) is 9.54 Å². The molecule has 1 aliphatic heterocycles. The Labute approximate surface area is 122 Å². The van der Waals surface area contributed by atoms with Gasteiger partial charge in [0.2, 0.25) is 0 Å². The standard InChI is InChI=1S/C11H15ClN2O5S/c1-11(2)18-9(6-14-20(15,16)17)10(19-11)7-5-13-4-3-8(7)12/h3-5,9-10,14H,6H2,1-2H3,(H,15,16,17). The molecule has 112 valence electrons. The summed E-state index contributed by atoms with van der Waals surface area (Å²) in [6, 6.07) is 1.61. The summed E-state index contributed by atoms with van der Waals surface area (Å²) in [7, 11) is -4.30. The molecular weight excluding hydrogens is 308 g/mol. The Morgan fingerprint density at radius 1 is 1.50 bits per heavy atom. The van der Waals surface area contributed by atoms with E-state index in [2.05, 4.69) is 4.98 Å². The molecule has 0 spiro atoms. The fourth-order valence-corrected chi connectivity index (χ4v) is 2.62. The number of ether oxygens (including phenoxy) is 2. The first-order chi connectivity index (χ1) is 9.18. The van der Waals surface area contributed by atoms with Crippen LogP contribution < -0.4 is 4.72 Å². The summed E-state index contributed by atoms with van der Waals surface area (Å²) in [5.74, 6) is -0.893. The first-order valence-corrected chi connectivity index (χ1v) is 7.67. The molecule has 1 fully saturated rings. The second kappa shape index (κ2) is 5.55. The second-order valence-electron chi connectivity index (χ2n) is 4.82. The van der Waals surface area contributed by atoms with Gasteiger partial charge in [0.05, 0.1) is 0 Å². The zero-order valence-corrected chi connectivity index (χ0v) is 12.5. The summed E-state index contributed by atoms with van der Waals surface area (Å²) >= 11 is 6.09. The Kier molecular flexibility index (Phi) is 4.33. The smallest absolute Gasteiger partial charge is 0.333 e. The summed E-state index contributed by atoms with van der Waals surface area (Å²) in [5.41, 5.74) is 0.599. The summed E-state index contributed by atoms with van der Waals surface area (Å²) in [4.78, 5) is 3.97.